The highest BCUT2D eigenvalue weighted by molar-refractivity contribution is 9.10. The third kappa shape index (κ3) is 5.62. The molecule has 4 nitrogen and oxygen atoms in total. The van der Waals surface area contributed by atoms with Crippen molar-refractivity contribution in [3.05, 3.63) is 34.3 Å². The number of aliphatic hydroxyl groups excluding tert-OH is 1. The number of hydrogen-bond donors (Lipinski definition) is 3. The Kier molecular flexibility index (Phi) is 6.93. The zero-order valence-corrected chi connectivity index (χ0v) is 12.0. The molecule has 0 bridgehead atoms. The van der Waals surface area contributed by atoms with Gasteiger partial charge in [-0.2, -0.15) is 0 Å². The van der Waals surface area contributed by atoms with Crippen LogP contribution in [0.15, 0.2) is 28.7 Å². The van der Waals surface area contributed by atoms with Crippen LogP contribution in [0.4, 0.5) is 0 Å². The highest BCUT2D eigenvalue weighted by atomic mass is 79.9. The second-order valence-electron chi connectivity index (χ2n) is 3.98. The molecule has 1 unspecified atom stereocenters. The first-order valence-corrected chi connectivity index (χ1v) is 6.83. The summed E-state index contributed by atoms with van der Waals surface area (Å²) in [6, 6.07) is 7.56. The first-order valence-electron chi connectivity index (χ1n) is 6.04. The molecule has 3 N–H and O–H groups in total. The van der Waals surface area contributed by atoms with E-state index in [1.165, 1.54) is 0 Å². The van der Waals surface area contributed by atoms with Gasteiger partial charge in [-0.1, -0.05) is 28.1 Å². The minimum Gasteiger partial charge on any atom is -0.387 e. The highest BCUT2D eigenvalue weighted by Gasteiger charge is 2.07. The van der Waals surface area contributed by atoms with Crippen LogP contribution in [0.3, 0.4) is 0 Å². The van der Waals surface area contributed by atoms with E-state index in [0.29, 0.717) is 26.1 Å². The first kappa shape index (κ1) is 15.1. The lowest BCUT2D eigenvalue weighted by Crippen LogP contribution is -2.29. The van der Waals surface area contributed by atoms with Crippen LogP contribution in [-0.4, -0.2) is 30.6 Å². The van der Waals surface area contributed by atoms with Crippen molar-refractivity contribution in [2.24, 2.45) is 0 Å². The molecule has 1 amide bonds. The molecule has 1 aromatic carbocycles. The minimum absolute atomic E-state index is 0.0296. The average molecular weight is 315 g/mol. The molecule has 0 aromatic heterocycles. The summed E-state index contributed by atoms with van der Waals surface area (Å²) in [5.74, 6) is 0.0296. The molecule has 0 aliphatic carbocycles. The van der Waals surface area contributed by atoms with Crippen molar-refractivity contribution in [2.75, 3.05) is 19.6 Å². The maximum absolute atomic E-state index is 11.2. The Bertz CT molecular complexity index is 385. The summed E-state index contributed by atoms with van der Waals surface area (Å²) in [6.07, 6.45) is -0.129. The molecule has 0 fully saturated rings. The van der Waals surface area contributed by atoms with Crippen LogP contribution in [0.25, 0.3) is 0 Å². The fourth-order valence-electron chi connectivity index (χ4n) is 1.56. The molecule has 0 radical (unpaired) electrons. The van der Waals surface area contributed by atoms with Crippen LogP contribution in [-0.2, 0) is 4.79 Å². The van der Waals surface area contributed by atoms with Gasteiger partial charge in [0.25, 0.3) is 0 Å². The van der Waals surface area contributed by atoms with Gasteiger partial charge in [0.15, 0.2) is 0 Å². The standard InChI is InChI=1S/C13H19BrN2O2/c1-2-16-13(18)6-7-15-9-12(17)10-4-3-5-11(14)8-10/h3-5,8,12,15,17H,2,6-7,9H2,1H3,(H,16,18). The summed E-state index contributed by atoms with van der Waals surface area (Å²) in [5, 5.41) is 15.7. The third-order valence-corrected chi connectivity index (χ3v) is 2.97. The van der Waals surface area contributed by atoms with Crippen LogP contribution in [0, 0.1) is 0 Å². The molecule has 1 rings (SSSR count). The Labute approximate surface area is 116 Å². The summed E-state index contributed by atoms with van der Waals surface area (Å²) < 4.78 is 0.946. The van der Waals surface area contributed by atoms with Gasteiger partial charge in [0.1, 0.15) is 0 Å². The maximum atomic E-state index is 11.2. The van der Waals surface area contributed by atoms with E-state index in [1.54, 1.807) is 0 Å². The number of benzene rings is 1. The lowest BCUT2D eigenvalue weighted by atomic mass is 10.1. The van der Waals surface area contributed by atoms with E-state index in [2.05, 4.69) is 26.6 Å². The largest absolute Gasteiger partial charge is 0.387 e. The summed E-state index contributed by atoms with van der Waals surface area (Å²) in [7, 11) is 0. The normalized spacial score (nSPS) is 12.2. The van der Waals surface area contributed by atoms with E-state index in [9.17, 15) is 9.90 Å². The number of carbonyl (C=O) groups excluding carboxylic acids is 1. The number of hydrogen-bond acceptors (Lipinski definition) is 3. The Morgan fingerprint density at radius 1 is 1.50 bits per heavy atom. The second-order valence-corrected chi connectivity index (χ2v) is 4.89. The molecule has 0 saturated heterocycles. The molecule has 0 aliphatic heterocycles. The van der Waals surface area contributed by atoms with Crippen molar-refractivity contribution in [2.45, 2.75) is 19.4 Å². The Balaban J connectivity index is 2.25. The van der Waals surface area contributed by atoms with Gasteiger partial charge in [0, 0.05) is 30.5 Å². The number of carbonyl (C=O) groups is 1. The number of halogens is 1. The fraction of sp³-hybridized carbons (Fsp3) is 0.462. The van der Waals surface area contributed by atoms with Gasteiger partial charge in [0.05, 0.1) is 6.10 Å². The Morgan fingerprint density at radius 2 is 2.28 bits per heavy atom. The molecule has 1 atom stereocenters. The first-order chi connectivity index (χ1) is 8.63. The predicted molar refractivity (Wildman–Crippen MR) is 75.3 cm³/mol. The van der Waals surface area contributed by atoms with Crippen LogP contribution in [0.2, 0.25) is 0 Å². The van der Waals surface area contributed by atoms with Gasteiger partial charge < -0.3 is 15.7 Å². The number of aliphatic hydroxyl groups is 1. The minimum atomic E-state index is -0.559. The molecule has 0 saturated carbocycles. The molecule has 18 heavy (non-hydrogen) atoms. The van der Waals surface area contributed by atoms with Gasteiger partial charge in [-0.05, 0) is 24.6 Å². The van der Waals surface area contributed by atoms with Gasteiger partial charge in [0.2, 0.25) is 5.91 Å². The van der Waals surface area contributed by atoms with Gasteiger partial charge in [-0.25, -0.2) is 0 Å². The van der Waals surface area contributed by atoms with E-state index in [1.807, 2.05) is 31.2 Å². The molecule has 0 spiro atoms. The van der Waals surface area contributed by atoms with Crippen molar-refractivity contribution < 1.29 is 9.90 Å². The SMILES string of the molecule is CCNC(=O)CCNCC(O)c1cccc(Br)c1. The quantitative estimate of drug-likeness (QED) is 0.670. The maximum Gasteiger partial charge on any atom is 0.221 e. The van der Waals surface area contributed by atoms with Gasteiger partial charge >= 0.3 is 0 Å². The van der Waals surface area contributed by atoms with Crippen molar-refractivity contribution in [1.82, 2.24) is 10.6 Å². The van der Waals surface area contributed by atoms with Crippen LogP contribution >= 0.6 is 15.9 Å². The van der Waals surface area contributed by atoms with Crippen LogP contribution in [0.1, 0.15) is 25.0 Å². The van der Waals surface area contributed by atoms with E-state index in [-0.39, 0.29) is 5.91 Å². The Morgan fingerprint density at radius 3 is 2.94 bits per heavy atom. The topological polar surface area (TPSA) is 61.4 Å². The van der Waals surface area contributed by atoms with Gasteiger partial charge in [-0.15, -0.1) is 0 Å². The van der Waals surface area contributed by atoms with Crippen molar-refractivity contribution in [3.8, 4) is 0 Å². The molecule has 0 aliphatic rings. The lowest BCUT2D eigenvalue weighted by molar-refractivity contribution is -0.120. The van der Waals surface area contributed by atoms with Crippen LogP contribution < -0.4 is 10.6 Å². The fourth-order valence-corrected chi connectivity index (χ4v) is 1.97. The number of amides is 1. The molecule has 5 heteroatoms. The van der Waals surface area contributed by atoms with Crippen molar-refractivity contribution >= 4 is 21.8 Å². The van der Waals surface area contributed by atoms with E-state index in [0.717, 1.165) is 10.0 Å². The molecule has 100 valence electrons. The number of nitrogens with one attached hydrogen (secondary N) is 2. The average Bonchev–Trinajstić information content (AvgIpc) is 2.35. The molecular formula is C13H19BrN2O2. The van der Waals surface area contributed by atoms with Crippen molar-refractivity contribution in [3.63, 3.8) is 0 Å². The summed E-state index contributed by atoms with van der Waals surface area (Å²) in [5.41, 5.74) is 0.856. The predicted octanol–water partition coefficient (Wildman–Crippen LogP) is 1.60. The van der Waals surface area contributed by atoms with E-state index in [4.69, 9.17) is 0 Å². The van der Waals surface area contributed by atoms with E-state index < -0.39 is 6.10 Å². The zero-order valence-electron chi connectivity index (χ0n) is 10.4. The summed E-state index contributed by atoms with van der Waals surface area (Å²) in [4.78, 5) is 11.2. The monoisotopic (exact) mass is 314 g/mol. The lowest BCUT2D eigenvalue weighted by Gasteiger charge is -2.12. The summed E-state index contributed by atoms with van der Waals surface area (Å²) in [6.45, 7) is 3.55. The molecule has 0 heterocycles. The molecule has 1 aromatic rings. The smallest absolute Gasteiger partial charge is 0.221 e. The summed E-state index contributed by atoms with van der Waals surface area (Å²) >= 11 is 3.36. The number of rotatable bonds is 7. The Hall–Kier alpha value is -0.910. The highest BCUT2D eigenvalue weighted by Crippen LogP contribution is 2.17. The van der Waals surface area contributed by atoms with Crippen molar-refractivity contribution in [1.29, 1.82) is 0 Å². The third-order valence-electron chi connectivity index (χ3n) is 2.47. The van der Waals surface area contributed by atoms with E-state index >= 15 is 0 Å². The van der Waals surface area contributed by atoms with Gasteiger partial charge in [-0.3, -0.25) is 4.79 Å². The molecular weight excluding hydrogens is 296 g/mol. The van der Waals surface area contributed by atoms with Crippen LogP contribution in [0.5, 0.6) is 0 Å². The zero-order chi connectivity index (χ0) is 13.4. The second kappa shape index (κ2) is 8.24.